The van der Waals surface area contributed by atoms with Gasteiger partial charge in [0, 0.05) is 12.8 Å². The molecule has 13 heteroatoms. The van der Waals surface area contributed by atoms with E-state index >= 15 is 0 Å². The van der Waals surface area contributed by atoms with Gasteiger partial charge in [-0.1, -0.05) is 0 Å². The monoisotopic (exact) mass is 416 g/mol. The Labute approximate surface area is 167 Å². The summed E-state index contributed by atoms with van der Waals surface area (Å²) in [5.74, 6) is -4.88. The maximum Gasteiger partial charge on any atom is 0.326 e. The molecular formula is C16H28N6O7. The molecule has 5 amide bonds. The molecule has 0 aliphatic carbocycles. The smallest absolute Gasteiger partial charge is 0.326 e. The Kier molecular flexibility index (Phi) is 10.9. The number of hydrogen-bond acceptors (Lipinski definition) is 7. The zero-order valence-electron chi connectivity index (χ0n) is 16.3. The van der Waals surface area contributed by atoms with E-state index in [0.29, 0.717) is 0 Å². The molecule has 0 rings (SSSR count). The first-order valence-corrected chi connectivity index (χ1v) is 8.81. The van der Waals surface area contributed by atoms with E-state index < -0.39 is 59.7 Å². The number of nitrogens with two attached hydrogens (primary N) is 3. The van der Waals surface area contributed by atoms with Crippen molar-refractivity contribution >= 4 is 35.5 Å². The second kappa shape index (κ2) is 12.3. The molecule has 29 heavy (non-hydrogen) atoms. The highest BCUT2D eigenvalue weighted by molar-refractivity contribution is 5.93. The molecule has 0 saturated carbocycles. The first-order chi connectivity index (χ1) is 13.3. The summed E-state index contributed by atoms with van der Waals surface area (Å²) in [6.07, 6.45) is -0.521. The van der Waals surface area contributed by atoms with Crippen LogP contribution in [0.5, 0.6) is 0 Å². The first kappa shape index (κ1) is 25.8. The minimum absolute atomic E-state index is 0.0101. The van der Waals surface area contributed by atoms with E-state index in [1.54, 1.807) is 0 Å². The number of nitrogens with one attached hydrogen (secondary N) is 3. The van der Waals surface area contributed by atoms with Crippen molar-refractivity contribution in [2.75, 3.05) is 0 Å². The Bertz CT molecular complexity index is 654. The molecule has 0 aromatic heterocycles. The van der Waals surface area contributed by atoms with Crippen LogP contribution in [0.4, 0.5) is 0 Å². The molecule has 0 heterocycles. The number of aliphatic carboxylic acids is 1. The van der Waals surface area contributed by atoms with Crippen LogP contribution in [-0.4, -0.2) is 64.8 Å². The lowest BCUT2D eigenvalue weighted by Crippen LogP contribution is -2.55. The van der Waals surface area contributed by atoms with Crippen LogP contribution in [-0.2, 0) is 28.8 Å². The van der Waals surface area contributed by atoms with Gasteiger partial charge in [0.15, 0.2) is 0 Å². The van der Waals surface area contributed by atoms with Gasteiger partial charge in [-0.05, 0) is 26.7 Å². The minimum Gasteiger partial charge on any atom is -0.480 e. The number of primary amides is 2. The molecule has 164 valence electrons. The van der Waals surface area contributed by atoms with Gasteiger partial charge >= 0.3 is 5.97 Å². The number of carbonyl (C=O) groups excluding carboxylic acids is 5. The third kappa shape index (κ3) is 10.6. The van der Waals surface area contributed by atoms with Crippen LogP contribution in [0.15, 0.2) is 0 Å². The summed E-state index contributed by atoms with van der Waals surface area (Å²) in [6, 6.07) is -4.57. The third-order valence-corrected chi connectivity index (χ3v) is 3.84. The van der Waals surface area contributed by atoms with Crippen molar-refractivity contribution in [2.24, 2.45) is 17.2 Å². The molecule has 0 bridgehead atoms. The summed E-state index contributed by atoms with van der Waals surface area (Å²) in [5.41, 5.74) is 15.5. The van der Waals surface area contributed by atoms with Gasteiger partial charge in [-0.25, -0.2) is 4.79 Å². The van der Waals surface area contributed by atoms with Crippen LogP contribution in [0.3, 0.4) is 0 Å². The number of carboxylic acid groups (broad SMARTS) is 1. The molecular weight excluding hydrogens is 388 g/mol. The number of carbonyl (C=O) groups is 6. The number of carboxylic acids is 1. The van der Waals surface area contributed by atoms with Crippen molar-refractivity contribution < 1.29 is 33.9 Å². The Morgan fingerprint density at radius 3 is 1.62 bits per heavy atom. The van der Waals surface area contributed by atoms with Crippen molar-refractivity contribution in [3.05, 3.63) is 0 Å². The summed E-state index contributed by atoms with van der Waals surface area (Å²) in [4.78, 5) is 68.7. The Morgan fingerprint density at radius 2 is 1.17 bits per heavy atom. The molecule has 0 aliphatic heterocycles. The predicted molar refractivity (Wildman–Crippen MR) is 99.6 cm³/mol. The van der Waals surface area contributed by atoms with Crippen molar-refractivity contribution in [2.45, 2.75) is 63.7 Å². The molecule has 0 aliphatic rings. The maximum atomic E-state index is 12.1. The summed E-state index contributed by atoms with van der Waals surface area (Å²) < 4.78 is 0. The fourth-order valence-electron chi connectivity index (χ4n) is 2.06. The number of hydrogen-bond donors (Lipinski definition) is 7. The molecule has 13 nitrogen and oxygen atoms in total. The van der Waals surface area contributed by atoms with Crippen molar-refractivity contribution in [1.82, 2.24) is 16.0 Å². The highest BCUT2D eigenvalue weighted by atomic mass is 16.4. The Balaban J connectivity index is 4.63. The van der Waals surface area contributed by atoms with Gasteiger partial charge in [0.1, 0.15) is 18.1 Å². The normalized spacial score (nSPS) is 14.6. The topological polar surface area (TPSA) is 237 Å². The van der Waals surface area contributed by atoms with Gasteiger partial charge in [-0.15, -0.1) is 0 Å². The van der Waals surface area contributed by atoms with Crippen molar-refractivity contribution in [3.8, 4) is 0 Å². The fraction of sp³-hybridized carbons (Fsp3) is 0.625. The molecule has 0 spiro atoms. The molecule has 0 radical (unpaired) electrons. The average Bonchev–Trinajstić information content (AvgIpc) is 2.61. The molecule has 0 aromatic carbocycles. The van der Waals surface area contributed by atoms with Crippen LogP contribution in [0.25, 0.3) is 0 Å². The highest BCUT2D eigenvalue weighted by Crippen LogP contribution is 1.99. The van der Waals surface area contributed by atoms with Gasteiger partial charge < -0.3 is 38.3 Å². The summed E-state index contributed by atoms with van der Waals surface area (Å²) >= 11 is 0. The van der Waals surface area contributed by atoms with Crippen LogP contribution in [0, 0.1) is 0 Å². The molecule has 0 saturated heterocycles. The molecule has 10 N–H and O–H groups in total. The number of amides is 5. The summed E-state index contributed by atoms with van der Waals surface area (Å²) in [5, 5.41) is 15.9. The number of rotatable bonds is 13. The third-order valence-electron chi connectivity index (χ3n) is 3.84. The second-order valence-electron chi connectivity index (χ2n) is 6.48. The molecule has 4 atom stereocenters. The lowest BCUT2D eigenvalue weighted by Gasteiger charge is -2.21. The SMILES string of the molecule is CC(NC(=O)C(N)CCC(N)=O)C(=O)NC(C)C(=O)NC(CCC(N)=O)C(=O)O. The van der Waals surface area contributed by atoms with Crippen molar-refractivity contribution in [1.29, 1.82) is 0 Å². The van der Waals surface area contributed by atoms with E-state index in [9.17, 15) is 28.8 Å². The van der Waals surface area contributed by atoms with E-state index in [2.05, 4.69) is 16.0 Å². The maximum absolute atomic E-state index is 12.1. The quantitative estimate of drug-likeness (QED) is 0.158. The second-order valence-corrected chi connectivity index (χ2v) is 6.48. The van der Waals surface area contributed by atoms with Crippen LogP contribution < -0.4 is 33.2 Å². The first-order valence-electron chi connectivity index (χ1n) is 8.81. The van der Waals surface area contributed by atoms with Crippen LogP contribution >= 0.6 is 0 Å². The summed E-state index contributed by atoms with van der Waals surface area (Å²) in [7, 11) is 0. The summed E-state index contributed by atoms with van der Waals surface area (Å²) in [6.45, 7) is 2.67. The lowest BCUT2D eigenvalue weighted by atomic mass is 10.1. The van der Waals surface area contributed by atoms with Crippen LogP contribution in [0.2, 0.25) is 0 Å². The van der Waals surface area contributed by atoms with Gasteiger partial charge in [-0.2, -0.15) is 0 Å². The van der Waals surface area contributed by atoms with Crippen molar-refractivity contribution in [3.63, 3.8) is 0 Å². The highest BCUT2D eigenvalue weighted by Gasteiger charge is 2.26. The molecule has 0 fully saturated rings. The van der Waals surface area contributed by atoms with Crippen LogP contribution in [0.1, 0.15) is 39.5 Å². The van der Waals surface area contributed by atoms with Gasteiger partial charge in [0.05, 0.1) is 6.04 Å². The van der Waals surface area contributed by atoms with Gasteiger partial charge in [0.2, 0.25) is 29.5 Å². The Morgan fingerprint density at radius 1 is 0.759 bits per heavy atom. The van der Waals surface area contributed by atoms with E-state index in [1.165, 1.54) is 13.8 Å². The fourth-order valence-corrected chi connectivity index (χ4v) is 2.06. The molecule has 4 unspecified atom stereocenters. The standard InChI is InChI=1S/C16H28N6O7/c1-7(21-15(27)9(17)3-5-11(18)23)13(25)20-8(2)14(26)22-10(16(28)29)4-6-12(19)24/h7-10H,3-6,17H2,1-2H3,(H2,18,23)(H2,19,24)(H,20,25)(H,21,27)(H,22,26)(H,28,29). The van der Waals surface area contributed by atoms with E-state index in [0.717, 1.165) is 0 Å². The average molecular weight is 416 g/mol. The largest absolute Gasteiger partial charge is 0.480 e. The van der Waals surface area contributed by atoms with Gasteiger partial charge in [0.25, 0.3) is 0 Å². The van der Waals surface area contributed by atoms with Gasteiger partial charge in [-0.3, -0.25) is 24.0 Å². The zero-order valence-corrected chi connectivity index (χ0v) is 16.3. The minimum atomic E-state index is -1.36. The predicted octanol–water partition coefficient (Wildman–Crippen LogP) is -3.58. The van der Waals surface area contributed by atoms with E-state index in [1.807, 2.05) is 0 Å². The zero-order chi connectivity index (χ0) is 22.7. The Hall–Kier alpha value is -3.22. The van der Waals surface area contributed by atoms with E-state index in [4.69, 9.17) is 22.3 Å². The molecule has 0 aromatic rings. The lowest BCUT2D eigenvalue weighted by molar-refractivity contribution is -0.142. The van der Waals surface area contributed by atoms with E-state index in [-0.39, 0.29) is 25.7 Å².